The molecule has 22 heavy (non-hydrogen) atoms. The molecular weight excluding hydrogens is 280 g/mol. The Kier molecular flexibility index (Phi) is 4.88. The van der Waals surface area contributed by atoms with E-state index >= 15 is 0 Å². The summed E-state index contributed by atoms with van der Waals surface area (Å²) in [5.74, 6) is 0.691. The zero-order valence-corrected chi connectivity index (χ0v) is 14.2. The van der Waals surface area contributed by atoms with Gasteiger partial charge in [-0.25, -0.2) is 14.8 Å². The highest BCUT2D eigenvalue weighted by Crippen LogP contribution is 2.22. The van der Waals surface area contributed by atoms with Gasteiger partial charge < -0.3 is 14.5 Å². The first-order valence-corrected chi connectivity index (χ1v) is 7.76. The van der Waals surface area contributed by atoms with Crippen molar-refractivity contribution >= 4 is 12.0 Å². The lowest BCUT2D eigenvalue weighted by Crippen LogP contribution is -2.44. The summed E-state index contributed by atoms with van der Waals surface area (Å²) in [7, 11) is 1.96. The van der Waals surface area contributed by atoms with Crippen molar-refractivity contribution < 1.29 is 9.53 Å². The number of amides is 1. The number of hydrogen-bond donors (Lipinski definition) is 0. The van der Waals surface area contributed by atoms with Crippen LogP contribution in [0.5, 0.6) is 0 Å². The maximum atomic E-state index is 12.3. The molecule has 1 saturated heterocycles. The van der Waals surface area contributed by atoms with E-state index in [-0.39, 0.29) is 12.1 Å². The van der Waals surface area contributed by atoms with Crippen molar-refractivity contribution in [2.45, 2.75) is 52.2 Å². The van der Waals surface area contributed by atoms with E-state index in [9.17, 15) is 4.79 Å². The van der Waals surface area contributed by atoms with Crippen LogP contribution in [-0.4, -0.2) is 52.7 Å². The van der Waals surface area contributed by atoms with Crippen LogP contribution >= 0.6 is 0 Å². The molecule has 2 rings (SSSR count). The molecule has 1 fully saturated rings. The monoisotopic (exact) mass is 306 g/mol. The lowest BCUT2D eigenvalue weighted by atomic mass is 10.2. The standard InChI is InChI=1S/C16H26N4O2/c1-12-8-9-17-14(18-12)19(5)11-13-7-6-10-20(13)15(21)22-16(2,3)4/h8-9,13H,6-7,10-11H2,1-5H3. The van der Waals surface area contributed by atoms with Gasteiger partial charge in [-0.3, -0.25) is 0 Å². The maximum absolute atomic E-state index is 12.3. The molecule has 1 unspecified atom stereocenters. The largest absolute Gasteiger partial charge is 0.444 e. The van der Waals surface area contributed by atoms with E-state index in [0.717, 1.165) is 25.1 Å². The van der Waals surface area contributed by atoms with Gasteiger partial charge in [-0.05, 0) is 46.6 Å². The molecule has 0 radical (unpaired) electrons. The van der Waals surface area contributed by atoms with Crippen LogP contribution in [0.4, 0.5) is 10.7 Å². The third-order valence-corrected chi connectivity index (χ3v) is 3.61. The molecule has 0 aromatic carbocycles. The van der Waals surface area contributed by atoms with Gasteiger partial charge in [0.05, 0.1) is 6.04 Å². The molecule has 0 saturated carbocycles. The molecule has 6 heteroatoms. The van der Waals surface area contributed by atoms with Crippen LogP contribution in [0.25, 0.3) is 0 Å². The van der Waals surface area contributed by atoms with Crippen molar-refractivity contribution in [1.82, 2.24) is 14.9 Å². The van der Waals surface area contributed by atoms with Crippen molar-refractivity contribution in [3.63, 3.8) is 0 Å². The number of aryl methyl sites for hydroxylation is 1. The number of ether oxygens (including phenoxy) is 1. The van der Waals surface area contributed by atoms with E-state index < -0.39 is 5.60 Å². The van der Waals surface area contributed by atoms with Crippen LogP contribution in [-0.2, 0) is 4.74 Å². The number of likely N-dealkylation sites (N-methyl/N-ethyl adjacent to an activating group) is 1. The van der Waals surface area contributed by atoms with Gasteiger partial charge in [-0.1, -0.05) is 0 Å². The van der Waals surface area contributed by atoms with Gasteiger partial charge in [0.2, 0.25) is 5.95 Å². The zero-order valence-electron chi connectivity index (χ0n) is 14.2. The van der Waals surface area contributed by atoms with Gasteiger partial charge in [-0.2, -0.15) is 0 Å². The fourth-order valence-corrected chi connectivity index (χ4v) is 2.60. The number of carbonyl (C=O) groups is 1. The van der Waals surface area contributed by atoms with Crippen LogP contribution in [0.1, 0.15) is 39.3 Å². The predicted octanol–water partition coefficient (Wildman–Crippen LogP) is 2.62. The predicted molar refractivity (Wildman–Crippen MR) is 86.0 cm³/mol. The van der Waals surface area contributed by atoms with E-state index in [4.69, 9.17) is 4.74 Å². The fraction of sp³-hybridized carbons (Fsp3) is 0.688. The summed E-state index contributed by atoms with van der Waals surface area (Å²) in [6.45, 7) is 9.08. The van der Waals surface area contributed by atoms with Crippen LogP contribution in [0.3, 0.4) is 0 Å². The first-order chi connectivity index (χ1) is 10.3. The van der Waals surface area contributed by atoms with Crippen molar-refractivity contribution in [2.75, 3.05) is 25.0 Å². The Morgan fingerprint density at radius 2 is 2.23 bits per heavy atom. The molecule has 0 bridgehead atoms. The average molecular weight is 306 g/mol. The van der Waals surface area contributed by atoms with E-state index in [1.165, 1.54) is 0 Å². The third kappa shape index (κ3) is 4.32. The highest BCUT2D eigenvalue weighted by molar-refractivity contribution is 5.69. The highest BCUT2D eigenvalue weighted by atomic mass is 16.6. The lowest BCUT2D eigenvalue weighted by molar-refractivity contribution is 0.0231. The van der Waals surface area contributed by atoms with E-state index in [1.54, 1.807) is 6.20 Å². The Balaban J connectivity index is 2.00. The van der Waals surface area contributed by atoms with E-state index in [2.05, 4.69) is 9.97 Å². The molecule has 0 N–H and O–H groups in total. The zero-order chi connectivity index (χ0) is 16.3. The molecule has 1 aromatic rings. The summed E-state index contributed by atoms with van der Waals surface area (Å²) in [6, 6.07) is 2.02. The number of anilines is 1. The highest BCUT2D eigenvalue weighted by Gasteiger charge is 2.33. The Morgan fingerprint density at radius 3 is 2.86 bits per heavy atom. The number of hydrogen-bond acceptors (Lipinski definition) is 5. The Hall–Kier alpha value is -1.85. The summed E-state index contributed by atoms with van der Waals surface area (Å²) in [6.07, 6.45) is 3.52. The number of nitrogens with zero attached hydrogens (tertiary/aromatic N) is 4. The number of rotatable bonds is 3. The Bertz CT molecular complexity index is 527. The van der Waals surface area contributed by atoms with Crippen molar-refractivity contribution in [2.24, 2.45) is 0 Å². The second kappa shape index (κ2) is 6.50. The minimum absolute atomic E-state index is 0.143. The quantitative estimate of drug-likeness (QED) is 0.859. The average Bonchev–Trinajstić information content (AvgIpc) is 2.85. The third-order valence-electron chi connectivity index (χ3n) is 3.61. The summed E-state index contributed by atoms with van der Waals surface area (Å²) in [5.41, 5.74) is 0.475. The van der Waals surface area contributed by atoms with Crippen molar-refractivity contribution in [3.05, 3.63) is 18.0 Å². The van der Waals surface area contributed by atoms with E-state index in [1.807, 2.05) is 50.6 Å². The Morgan fingerprint density at radius 1 is 1.50 bits per heavy atom. The summed E-state index contributed by atoms with van der Waals surface area (Å²) < 4.78 is 5.50. The first-order valence-electron chi connectivity index (χ1n) is 7.76. The molecule has 6 nitrogen and oxygen atoms in total. The molecule has 2 heterocycles. The van der Waals surface area contributed by atoms with Gasteiger partial charge in [0.1, 0.15) is 5.60 Å². The first kappa shape index (κ1) is 16.5. The minimum Gasteiger partial charge on any atom is -0.444 e. The maximum Gasteiger partial charge on any atom is 0.410 e. The molecule has 0 spiro atoms. The van der Waals surface area contributed by atoms with Gasteiger partial charge in [0.25, 0.3) is 0 Å². The molecule has 1 aliphatic heterocycles. The molecular formula is C16H26N4O2. The molecule has 1 aromatic heterocycles. The van der Waals surface area contributed by atoms with Gasteiger partial charge in [-0.15, -0.1) is 0 Å². The van der Waals surface area contributed by atoms with Gasteiger partial charge in [0, 0.05) is 32.0 Å². The second-order valence-corrected chi connectivity index (χ2v) is 6.85. The molecule has 1 atom stereocenters. The lowest BCUT2D eigenvalue weighted by Gasteiger charge is -2.30. The Labute approximate surface area is 132 Å². The second-order valence-electron chi connectivity index (χ2n) is 6.85. The van der Waals surface area contributed by atoms with E-state index in [0.29, 0.717) is 12.5 Å². The van der Waals surface area contributed by atoms with Crippen LogP contribution in [0.15, 0.2) is 12.3 Å². The molecule has 1 amide bonds. The minimum atomic E-state index is -0.463. The number of likely N-dealkylation sites (tertiary alicyclic amines) is 1. The van der Waals surface area contributed by atoms with Crippen molar-refractivity contribution in [3.8, 4) is 0 Å². The SMILES string of the molecule is Cc1ccnc(N(C)CC2CCCN2C(=O)OC(C)(C)C)n1. The topological polar surface area (TPSA) is 58.6 Å². The number of carbonyl (C=O) groups excluding carboxylic acids is 1. The van der Waals surface area contributed by atoms with Gasteiger partial charge >= 0.3 is 6.09 Å². The number of aromatic nitrogens is 2. The van der Waals surface area contributed by atoms with Crippen LogP contribution in [0, 0.1) is 6.92 Å². The van der Waals surface area contributed by atoms with Gasteiger partial charge in [0.15, 0.2) is 0 Å². The summed E-state index contributed by atoms with van der Waals surface area (Å²) >= 11 is 0. The van der Waals surface area contributed by atoms with Crippen LogP contribution in [0.2, 0.25) is 0 Å². The van der Waals surface area contributed by atoms with Crippen LogP contribution < -0.4 is 4.90 Å². The summed E-state index contributed by atoms with van der Waals surface area (Å²) in [4.78, 5) is 24.8. The molecule has 1 aliphatic rings. The fourth-order valence-electron chi connectivity index (χ4n) is 2.60. The smallest absolute Gasteiger partial charge is 0.410 e. The van der Waals surface area contributed by atoms with Crippen molar-refractivity contribution in [1.29, 1.82) is 0 Å². The summed E-state index contributed by atoms with van der Waals surface area (Å²) in [5, 5.41) is 0. The normalized spacial score (nSPS) is 18.4. The molecule has 122 valence electrons. The molecule has 0 aliphatic carbocycles.